The number of hydrogen-bond acceptors (Lipinski definition) is 2. The summed E-state index contributed by atoms with van der Waals surface area (Å²) in [6, 6.07) is 5.82. The van der Waals surface area contributed by atoms with E-state index in [1.807, 2.05) is 12.1 Å². The van der Waals surface area contributed by atoms with Crippen molar-refractivity contribution in [3.63, 3.8) is 0 Å². The normalized spacial score (nSPS) is 22.9. The minimum Gasteiger partial charge on any atom is -0.310 e. The zero-order valence-electron chi connectivity index (χ0n) is 10.8. The van der Waals surface area contributed by atoms with Crippen molar-refractivity contribution < 1.29 is 4.39 Å². The van der Waals surface area contributed by atoms with E-state index in [1.165, 1.54) is 0 Å². The molecule has 0 amide bonds. The molecule has 1 heterocycles. The highest BCUT2D eigenvalue weighted by atomic mass is 19.1. The molecule has 1 aliphatic heterocycles. The Morgan fingerprint density at radius 3 is 2.82 bits per heavy atom. The molecule has 0 spiro atoms. The number of rotatable bonds is 3. The molecule has 0 bridgehead atoms. The molecular weight excluding hydrogens is 215 g/mol. The van der Waals surface area contributed by atoms with Gasteiger partial charge in [0.2, 0.25) is 0 Å². The third-order valence-corrected chi connectivity index (χ3v) is 3.40. The maximum atomic E-state index is 13.1. The van der Waals surface area contributed by atoms with Crippen molar-refractivity contribution in [2.24, 2.45) is 0 Å². The Hall–Kier alpha value is -0.930. The van der Waals surface area contributed by atoms with Crippen LogP contribution in [-0.4, -0.2) is 18.1 Å². The fraction of sp³-hybridized carbons (Fsp3) is 0.571. The lowest BCUT2D eigenvalue weighted by atomic mass is 10.0. The van der Waals surface area contributed by atoms with E-state index in [4.69, 9.17) is 0 Å². The van der Waals surface area contributed by atoms with Gasteiger partial charge in [0.1, 0.15) is 5.82 Å². The van der Waals surface area contributed by atoms with Crippen molar-refractivity contribution >= 4 is 0 Å². The molecule has 94 valence electrons. The molecule has 17 heavy (non-hydrogen) atoms. The Morgan fingerprint density at radius 2 is 2.24 bits per heavy atom. The molecule has 1 unspecified atom stereocenters. The molecule has 3 heteroatoms. The van der Waals surface area contributed by atoms with Crippen LogP contribution in [0.15, 0.2) is 18.2 Å². The number of halogens is 1. The van der Waals surface area contributed by atoms with E-state index < -0.39 is 0 Å². The predicted molar refractivity (Wildman–Crippen MR) is 68.5 cm³/mol. The van der Waals surface area contributed by atoms with Gasteiger partial charge in [0.15, 0.2) is 0 Å². The topological polar surface area (TPSA) is 24.1 Å². The molecule has 1 atom stereocenters. The van der Waals surface area contributed by atoms with Crippen LogP contribution in [-0.2, 0) is 6.54 Å². The van der Waals surface area contributed by atoms with Crippen molar-refractivity contribution in [1.29, 1.82) is 0 Å². The van der Waals surface area contributed by atoms with Crippen molar-refractivity contribution in [3.05, 3.63) is 35.1 Å². The van der Waals surface area contributed by atoms with Crippen LogP contribution >= 0.6 is 0 Å². The van der Waals surface area contributed by atoms with E-state index in [2.05, 4.69) is 24.5 Å². The lowest BCUT2D eigenvalue weighted by Crippen LogP contribution is -2.31. The lowest BCUT2D eigenvalue weighted by Gasteiger charge is -2.17. The summed E-state index contributed by atoms with van der Waals surface area (Å²) in [7, 11) is 0. The third kappa shape index (κ3) is 3.27. The summed E-state index contributed by atoms with van der Waals surface area (Å²) in [5.41, 5.74) is 2.10. The fourth-order valence-electron chi connectivity index (χ4n) is 2.38. The molecule has 0 aliphatic carbocycles. The quantitative estimate of drug-likeness (QED) is 0.842. The smallest absolute Gasteiger partial charge is 0.126 e. The molecular formula is C14H21FN2. The van der Waals surface area contributed by atoms with Gasteiger partial charge in [-0.15, -0.1) is 0 Å². The molecule has 0 radical (unpaired) electrons. The Morgan fingerprint density at radius 1 is 1.47 bits per heavy atom. The number of nitrogens with one attached hydrogen (secondary N) is 2. The molecule has 2 nitrogen and oxygen atoms in total. The van der Waals surface area contributed by atoms with Gasteiger partial charge in [-0.3, -0.25) is 0 Å². The van der Waals surface area contributed by atoms with Gasteiger partial charge in [-0.05, 0) is 44.4 Å². The Bertz CT molecular complexity index is 401. The summed E-state index contributed by atoms with van der Waals surface area (Å²) in [5.74, 6) is -0.127. The Kier molecular flexibility index (Phi) is 3.50. The second-order valence-corrected chi connectivity index (χ2v) is 5.63. The summed E-state index contributed by atoms with van der Waals surface area (Å²) >= 11 is 0. The van der Waals surface area contributed by atoms with E-state index in [1.54, 1.807) is 13.0 Å². The van der Waals surface area contributed by atoms with Gasteiger partial charge in [0.05, 0.1) is 0 Å². The molecule has 1 aromatic carbocycles. The zero-order chi connectivity index (χ0) is 12.5. The van der Waals surface area contributed by atoms with E-state index in [-0.39, 0.29) is 11.4 Å². The van der Waals surface area contributed by atoms with E-state index in [0.29, 0.717) is 11.6 Å². The summed E-state index contributed by atoms with van der Waals surface area (Å²) in [5, 5.41) is 7.00. The number of benzene rings is 1. The molecule has 1 fully saturated rings. The maximum absolute atomic E-state index is 13.1. The molecule has 0 aromatic heterocycles. The van der Waals surface area contributed by atoms with Crippen LogP contribution in [0.5, 0.6) is 0 Å². The first-order valence-corrected chi connectivity index (χ1v) is 6.20. The molecule has 2 rings (SSSR count). The summed E-state index contributed by atoms with van der Waals surface area (Å²) in [4.78, 5) is 0. The first kappa shape index (κ1) is 12.5. The van der Waals surface area contributed by atoms with Crippen LogP contribution < -0.4 is 10.6 Å². The van der Waals surface area contributed by atoms with E-state index in [0.717, 1.165) is 25.1 Å². The highest BCUT2D eigenvalue weighted by Gasteiger charge is 2.29. The van der Waals surface area contributed by atoms with E-state index >= 15 is 0 Å². The standard InChI is InChI=1S/C14H21FN2/c1-10-6-11(4-5-13(10)15)8-16-12-7-14(2,3)17-9-12/h4-6,12,16-17H,7-9H2,1-3H3. The molecule has 1 aromatic rings. The average molecular weight is 236 g/mol. The van der Waals surface area contributed by atoms with Crippen LogP contribution in [0.4, 0.5) is 4.39 Å². The first-order chi connectivity index (χ1) is 7.96. The number of aryl methyl sites for hydroxylation is 1. The minimum atomic E-state index is -0.127. The lowest BCUT2D eigenvalue weighted by molar-refractivity contribution is 0.442. The van der Waals surface area contributed by atoms with Gasteiger partial charge in [-0.25, -0.2) is 4.39 Å². The Labute approximate surface area is 103 Å². The minimum absolute atomic E-state index is 0.127. The molecule has 1 saturated heterocycles. The largest absolute Gasteiger partial charge is 0.310 e. The second kappa shape index (κ2) is 4.75. The second-order valence-electron chi connectivity index (χ2n) is 5.63. The number of hydrogen-bond donors (Lipinski definition) is 2. The third-order valence-electron chi connectivity index (χ3n) is 3.40. The van der Waals surface area contributed by atoms with Crippen molar-refractivity contribution in [1.82, 2.24) is 10.6 Å². The van der Waals surface area contributed by atoms with Gasteiger partial charge in [-0.1, -0.05) is 12.1 Å². The van der Waals surface area contributed by atoms with Crippen molar-refractivity contribution in [2.75, 3.05) is 6.54 Å². The summed E-state index contributed by atoms with van der Waals surface area (Å²) < 4.78 is 13.1. The molecule has 1 aliphatic rings. The van der Waals surface area contributed by atoms with Crippen LogP contribution in [0.25, 0.3) is 0 Å². The van der Waals surface area contributed by atoms with Gasteiger partial charge >= 0.3 is 0 Å². The highest BCUT2D eigenvalue weighted by molar-refractivity contribution is 5.23. The van der Waals surface area contributed by atoms with Gasteiger partial charge in [0.25, 0.3) is 0 Å². The van der Waals surface area contributed by atoms with Crippen LogP contribution in [0.2, 0.25) is 0 Å². The van der Waals surface area contributed by atoms with Crippen molar-refractivity contribution in [3.8, 4) is 0 Å². The SMILES string of the molecule is Cc1cc(CNC2CNC(C)(C)C2)ccc1F. The molecule has 0 saturated carbocycles. The van der Waals surface area contributed by atoms with Crippen LogP contribution in [0.3, 0.4) is 0 Å². The first-order valence-electron chi connectivity index (χ1n) is 6.20. The summed E-state index contributed by atoms with van der Waals surface area (Å²) in [6.07, 6.45) is 1.13. The van der Waals surface area contributed by atoms with Crippen molar-refractivity contribution in [2.45, 2.75) is 45.3 Å². The van der Waals surface area contributed by atoms with Gasteiger partial charge in [0, 0.05) is 24.7 Å². The van der Waals surface area contributed by atoms with Gasteiger partial charge in [-0.2, -0.15) is 0 Å². The van der Waals surface area contributed by atoms with E-state index in [9.17, 15) is 4.39 Å². The zero-order valence-corrected chi connectivity index (χ0v) is 10.8. The average Bonchev–Trinajstić information content (AvgIpc) is 2.60. The maximum Gasteiger partial charge on any atom is 0.126 e. The molecule has 2 N–H and O–H groups in total. The van der Waals surface area contributed by atoms with Gasteiger partial charge < -0.3 is 10.6 Å². The Balaban J connectivity index is 1.88. The van der Waals surface area contributed by atoms with Crippen LogP contribution in [0, 0.1) is 12.7 Å². The van der Waals surface area contributed by atoms with Crippen LogP contribution in [0.1, 0.15) is 31.4 Å². The summed E-state index contributed by atoms with van der Waals surface area (Å²) in [6.45, 7) is 8.06. The monoisotopic (exact) mass is 236 g/mol. The fourth-order valence-corrected chi connectivity index (χ4v) is 2.38. The predicted octanol–water partition coefficient (Wildman–Crippen LogP) is 2.36. The highest BCUT2D eigenvalue weighted by Crippen LogP contribution is 2.18.